The van der Waals surface area contributed by atoms with E-state index in [0.29, 0.717) is 19.3 Å². The van der Waals surface area contributed by atoms with Gasteiger partial charge in [0.2, 0.25) is 0 Å². The van der Waals surface area contributed by atoms with E-state index in [0.717, 1.165) is 38.5 Å². The van der Waals surface area contributed by atoms with Crippen molar-refractivity contribution in [3.8, 4) is 0 Å². The van der Waals surface area contributed by atoms with Crippen LogP contribution in [0.15, 0.2) is 24.3 Å². The lowest BCUT2D eigenvalue weighted by Crippen LogP contribution is -2.18. The Bertz CT molecular complexity index is 610. The Balaban J connectivity index is 3.87. The molecular weight excluding hydrogens is 496 g/mol. The van der Waals surface area contributed by atoms with Gasteiger partial charge in [0.1, 0.15) is 6.10 Å². The first-order chi connectivity index (χ1) is 19.6. The molecule has 0 aromatic heterocycles. The van der Waals surface area contributed by atoms with Crippen molar-refractivity contribution < 1.29 is 19.4 Å². The van der Waals surface area contributed by atoms with Gasteiger partial charge in [-0.05, 0) is 64.2 Å². The van der Waals surface area contributed by atoms with E-state index in [9.17, 15) is 9.59 Å². The molecule has 0 aliphatic carbocycles. The molecule has 1 atom stereocenters. The highest BCUT2D eigenvalue weighted by molar-refractivity contribution is 5.69. The van der Waals surface area contributed by atoms with Crippen LogP contribution in [0.4, 0.5) is 0 Å². The number of carbonyl (C=O) groups is 2. The number of aliphatic carboxylic acids is 1. The molecule has 0 spiro atoms. The molecule has 0 aromatic carbocycles. The van der Waals surface area contributed by atoms with Crippen molar-refractivity contribution in [2.24, 2.45) is 0 Å². The SMILES string of the molecule is CCCCC/C=C\C/C=C\CCCCCCCC(=O)OC(CCCCCCCCCCCCC)CCCC(=O)O. The number of unbranched alkanes of at least 4 members (excludes halogenated alkanes) is 18. The van der Waals surface area contributed by atoms with Gasteiger partial charge >= 0.3 is 11.9 Å². The Labute approximate surface area is 248 Å². The lowest BCUT2D eigenvalue weighted by molar-refractivity contribution is -0.150. The van der Waals surface area contributed by atoms with E-state index >= 15 is 0 Å². The fourth-order valence-electron chi connectivity index (χ4n) is 5.10. The van der Waals surface area contributed by atoms with Gasteiger partial charge in [-0.1, -0.05) is 134 Å². The van der Waals surface area contributed by atoms with Crippen LogP contribution in [0.2, 0.25) is 0 Å². The third-order valence-corrected chi connectivity index (χ3v) is 7.68. The number of hydrogen-bond acceptors (Lipinski definition) is 3. The van der Waals surface area contributed by atoms with Crippen LogP contribution in [-0.2, 0) is 14.3 Å². The smallest absolute Gasteiger partial charge is 0.306 e. The van der Waals surface area contributed by atoms with Crippen LogP contribution in [0.25, 0.3) is 0 Å². The average Bonchev–Trinajstić information content (AvgIpc) is 2.93. The summed E-state index contributed by atoms with van der Waals surface area (Å²) in [6.45, 7) is 4.50. The normalized spacial score (nSPS) is 12.4. The molecule has 0 fully saturated rings. The van der Waals surface area contributed by atoms with Crippen molar-refractivity contribution in [2.45, 2.75) is 193 Å². The molecule has 0 aliphatic rings. The maximum absolute atomic E-state index is 12.4. The molecule has 1 unspecified atom stereocenters. The number of allylic oxidation sites excluding steroid dienone is 4. The zero-order valence-corrected chi connectivity index (χ0v) is 26.7. The standard InChI is InChI=1S/C36H66O4/c1-3-5-7-9-11-13-15-16-17-18-20-22-24-26-28-33-36(39)40-34(31-29-32-35(37)38)30-27-25-23-21-19-14-12-10-8-6-4-2/h11,13,16-17,34H,3-10,12,14-15,18-33H2,1-2H3,(H,37,38)/b13-11-,17-16-. The van der Waals surface area contributed by atoms with E-state index in [1.165, 1.54) is 109 Å². The van der Waals surface area contributed by atoms with Crippen LogP contribution < -0.4 is 0 Å². The Morgan fingerprint density at radius 2 is 1.00 bits per heavy atom. The zero-order valence-electron chi connectivity index (χ0n) is 26.7. The monoisotopic (exact) mass is 562 g/mol. The number of hydrogen-bond donors (Lipinski definition) is 1. The van der Waals surface area contributed by atoms with Crippen LogP contribution in [0.3, 0.4) is 0 Å². The van der Waals surface area contributed by atoms with Crippen molar-refractivity contribution in [3.05, 3.63) is 24.3 Å². The minimum Gasteiger partial charge on any atom is -0.481 e. The van der Waals surface area contributed by atoms with Crippen LogP contribution in [0, 0.1) is 0 Å². The average molecular weight is 563 g/mol. The molecule has 234 valence electrons. The van der Waals surface area contributed by atoms with Gasteiger partial charge in [0.15, 0.2) is 0 Å². The lowest BCUT2D eigenvalue weighted by atomic mass is 10.0. The highest BCUT2D eigenvalue weighted by Crippen LogP contribution is 2.18. The van der Waals surface area contributed by atoms with Gasteiger partial charge in [0, 0.05) is 12.8 Å². The highest BCUT2D eigenvalue weighted by atomic mass is 16.5. The van der Waals surface area contributed by atoms with E-state index in [1.54, 1.807) is 0 Å². The summed E-state index contributed by atoms with van der Waals surface area (Å²) in [4.78, 5) is 23.3. The summed E-state index contributed by atoms with van der Waals surface area (Å²) in [5, 5.41) is 8.97. The molecule has 0 amide bonds. The van der Waals surface area contributed by atoms with Crippen molar-refractivity contribution >= 4 is 11.9 Å². The molecular formula is C36H66O4. The second-order valence-corrected chi connectivity index (χ2v) is 11.7. The van der Waals surface area contributed by atoms with Gasteiger partial charge in [-0.2, -0.15) is 0 Å². The summed E-state index contributed by atoms with van der Waals surface area (Å²) in [5.41, 5.74) is 0. The first-order valence-electron chi connectivity index (χ1n) is 17.3. The van der Waals surface area contributed by atoms with Gasteiger partial charge in [-0.25, -0.2) is 0 Å². The number of carboxylic acids is 1. The van der Waals surface area contributed by atoms with Gasteiger partial charge in [0.25, 0.3) is 0 Å². The van der Waals surface area contributed by atoms with Gasteiger partial charge in [-0.15, -0.1) is 0 Å². The predicted octanol–water partition coefficient (Wildman–Crippen LogP) is 11.7. The molecule has 0 aromatic rings. The topological polar surface area (TPSA) is 63.6 Å². The largest absolute Gasteiger partial charge is 0.481 e. The second kappa shape index (κ2) is 31.9. The second-order valence-electron chi connectivity index (χ2n) is 11.7. The highest BCUT2D eigenvalue weighted by Gasteiger charge is 2.15. The number of ether oxygens (including phenoxy) is 1. The summed E-state index contributed by atoms with van der Waals surface area (Å²) in [6.07, 6.45) is 38.9. The van der Waals surface area contributed by atoms with Gasteiger partial charge < -0.3 is 9.84 Å². The Hall–Kier alpha value is -1.58. The molecule has 0 heterocycles. The fourth-order valence-corrected chi connectivity index (χ4v) is 5.10. The minimum atomic E-state index is -0.773. The molecule has 0 saturated carbocycles. The third-order valence-electron chi connectivity index (χ3n) is 7.68. The number of carboxylic acid groups (broad SMARTS) is 1. The lowest BCUT2D eigenvalue weighted by Gasteiger charge is -2.18. The van der Waals surface area contributed by atoms with Crippen LogP contribution in [-0.4, -0.2) is 23.1 Å². The number of carbonyl (C=O) groups excluding carboxylic acids is 1. The van der Waals surface area contributed by atoms with Crippen molar-refractivity contribution in [1.29, 1.82) is 0 Å². The summed E-state index contributed by atoms with van der Waals surface area (Å²) >= 11 is 0. The Morgan fingerprint density at radius 3 is 1.57 bits per heavy atom. The molecule has 4 heteroatoms. The number of rotatable bonds is 31. The van der Waals surface area contributed by atoms with E-state index < -0.39 is 5.97 Å². The summed E-state index contributed by atoms with van der Waals surface area (Å²) in [6, 6.07) is 0. The summed E-state index contributed by atoms with van der Waals surface area (Å²) in [7, 11) is 0. The van der Waals surface area contributed by atoms with Gasteiger partial charge in [-0.3, -0.25) is 9.59 Å². The van der Waals surface area contributed by atoms with E-state index in [-0.39, 0.29) is 18.5 Å². The van der Waals surface area contributed by atoms with Gasteiger partial charge in [0.05, 0.1) is 0 Å². The Morgan fingerprint density at radius 1 is 0.550 bits per heavy atom. The van der Waals surface area contributed by atoms with E-state index in [1.807, 2.05) is 0 Å². The first-order valence-corrected chi connectivity index (χ1v) is 17.3. The quantitative estimate of drug-likeness (QED) is 0.0518. The van der Waals surface area contributed by atoms with Crippen molar-refractivity contribution in [1.82, 2.24) is 0 Å². The molecule has 0 bridgehead atoms. The van der Waals surface area contributed by atoms with Crippen LogP contribution >= 0.6 is 0 Å². The predicted molar refractivity (Wildman–Crippen MR) is 172 cm³/mol. The van der Waals surface area contributed by atoms with Crippen LogP contribution in [0.1, 0.15) is 187 Å². The fraction of sp³-hybridized carbons (Fsp3) is 0.833. The van der Waals surface area contributed by atoms with E-state index in [4.69, 9.17) is 9.84 Å². The molecule has 1 N–H and O–H groups in total. The maximum atomic E-state index is 12.4. The molecule has 0 rings (SSSR count). The summed E-state index contributed by atoms with van der Waals surface area (Å²) in [5.74, 6) is -0.876. The molecule has 4 nitrogen and oxygen atoms in total. The third kappa shape index (κ3) is 31.0. The number of esters is 1. The first kappa shape index (κ1) is 38.4. The molecule has 40 heavy (non-hydrogen) atoms. The molecule has 0 saturated heterocycles. The molecule has 0 radical (unpaired) electrons. The molecule has 0 aliphatic heterocycles. The maximum Gasteiger partial charge on any atom is 0.306 e. The van der Waals surface area contributed by atoms with E-state index in [2.05, 4.69) is 38.2 Å². The summed E-state index contributed by atoms with van der Waals surface area (Å²) < 4.78 is 5.80. The minimum absolute atomic E-state index is 0.103. The van der Waals surface area contributed by atoms with Crippen molar-refractivity contribution in [2.75, 3.05) is 0 Å². The Kier molecular flexibility index (Phi) is 30.7. The zero-order chi connectivity index (χ0) is 29.4. The van der Waals surface area contributed by atoms with Crippen molar-refractivity contribution in [3.63, 3.8) is 0 Å². The van der Waals surface area contributed by atoms with Crippen LogP contribution in [0.5, 0.6) is 0 Å².